The summed E-state index contributed by atoms with van der Waals surface area (Å²) in [5.74, 6) is -3.59. The average Bonchev–Trinajstić information content (AvgIpc) is 2.01. The van der Waals surface area contributed by atoms with Gasteiger partial charge in [0.1, 0.15) is 0 Å². The van der Waals surface area contributed by atoms with Crippen molar-refractivity contribution in [1.29, 1.82) is 0 Å². The third-order valence-corrected chi connectivity index (χ3v) is 1.18. The van der Waals surface area contributed by atoms with Crippen molar-refractivity contribution in [2.24, 2.45) is 0 Å². The molecule has 0 aromatic rings. The van der Waals surface area contributed by atoms with Crippen molar-refractivity contribution in [2.75, 3.05) is 6.61 Å². The highest BCUT2D eigenvalue weighted by Crippen LogP contribution is 2.04. The fourth-order valence-electron chi connectivity index (χ4n) is 0.718. The molecule has 0 bridgehead atoms. The van der Waals surface area contributed by atoms with E-state index in [1.165, 1.54) is 6.92 Å². The second kappa shape index (κ2) is 5.74. The molecule has 0 fully saturated rings. The Hall–Kier alpha value is -1.85. The van der Waals surface area contributed by atoms with E-state index >= 15 is 0 Å². The van der Waals surface area contributed by atoms with Crippen molar-refractivity contribution in [1.82, 2.24) is 0 Å². The van der Waals surface area contributed by atoms with Gasteiger partial charge in [-0.3, -0.25) is 4.79 Å². The lowest BCUT2D eigenvalue weighted by Gasteiger charge is -2.02. The van der Waals surface area contributed by atoms with Crippen LogP contribution in [0.15, 0.2) is 11.6 Å². The number of carbonyl (C=O) groups excluding carboxylic acids is 1. The van der Waals surface area contributed by atoms with Gasteiger partial charge in [0.25, 0.3) is 0 Å². The van der Waals surface area contributed by atoms with E-state index in [-0.39, 0.29) is 12.2 Å². The highest BCUT2D eigenvalue weighted by atomic mass is 16.5. The molecule has 0 heterocycles. The number of hydrogen-bond donors (Lipinski definition) is 2. The van der Waals surface area contributed by atoms with E-state index < -0.39 is 24.3 Å². The molecule has 0 unspecified atom stereocenters. The smallest absolute Gasteiger partial charge is 0.334 e. The zero-order chi connectivity index (χ0) is 11.1. The summed E-state index contributed by atoms with van der Waals surface area (Å²) in [6.07, 6.45) is -0.128. The minimum atomic E-state index is -1.38. The van der Waals surface area contributed by atoms with Crippen molar-refractivity contribution in [3.8, 4) is 0 Å². The largest absolute Gasteiger partial charge is 0.481 e. The Labute approximate surface area is 79.8 Å². The zero-order valence-electron chi connectivity index (χ0n) is 7.52. The van der Waals surface area contributed by atoms with Gasteiger partial charge in [-0.05, 0) is 6.92 Å². The number of carboxylic acids is 2. The van der Waals surface area contributed by atoms with Gasteiger partial charge in [0.2, 0.25) is 0 Å². The van der Waals surface area contributed by atoms with E-state index in [0.29, 0.717) is 6.08 Å². The first kappa shape index (κ1) is 12.2. The van der Waals surface area contributed by atoms with E-state index in [0.717, 1.165) is 0 Å². The maximum atomic E-state index is 11.0. The van der Waals surface area contributed by atoms with Crippen molar-refractivity contribution in [2.45, 2.75) is 13.3 Å². The molecule has 0 saturated heterocycles. The van der Waals surface area contributed by atoms with Crippen molar-refractivity contribution in [3.05, 3.63) is 11.6 Å². The van der Waals surface area contributed by atoms with Crippen LogP contribution in [0.25, 0.3) is 0 Å². The molecule has 0 amide bonds. The molecule has 0 rings (SSSR count). The maximum Gasteiger partial charge on any atom is 0.334 e. The number of esters is 1. The van der Waals surface area contributed by atoms with Crippen LogP contribution >= 0.6 is 0 Å². The molecule has 78 valence electrons. The molecule has 6 nitrogen and oxygen atoms in total. The van der Waals surface area contributed by atoms with Gasteiger partial charge in [-0.2, -0.15) is 0 Å². The lowest BCUT2D eigenvalue weighted by Crippen LogP contribution is -2.13. The van der Waals surface area contributed by atoms with E-state index in [4.69, 9.17) is 10.2 Å². The van der Waals surface area contributed by atoms with E-state index in [1.54, 1.807) is 0 Å². The molecule has 0 aliphatic carbocycles. The Balaban J connectivity index is 4.63. The first-order valence-corrected chi connectivity index (χ1v) is 3.79. The number of ether oxygens (including phenoxy) is 1. The van der Waals surface area contributed by atoms with Gasteiger partial charge in [0.05, 0.1) is 18.6 Å². The van der Waals surface area contributed by atoms with Crippen LogP contribution in [0.1, 0.15) is 13.3 Å². The number of carbonyl (C=O) groups is 3. The molecule has 14 heavy (non-hydrogen) atoms. The van der Waals surface area contributed by atoms with Gasteiger partial charge in [0.15, 0.2) is 0 Å². The van der Waals surface area contributed by atoms with Gasteiger partial charge in [0, 0.05) is 6.08 Å². The topological polar surface area (TPSA) is 101 Å². The molecule has 2 N–H and O–H groups in total. The Kier molecular flexibility index (Phi) is 4.98. The highest BCUT2D eigenvalue weighted by molar-refractivity contribution is 5.99. The highest BCUT2D eigenvalue weighted by Gasteiger charge is 2.15. The molecule has 0 atom stereocenters. The second-order valence-corrected chi connectivity index (χ2v) is 2.30. The summed E-state index contributed by atoms with van der Waals surface area (Å²) in [4.78, 5) is 31.5. The molecule has 0 saturated carbocycles. The summed E-state index contributed by atoms with van der Waals surface area (Å²) in [6.45, 7) is 1.60. The lowest BCUT2D eigenvalue weighted by molar-refractivity contribution is -0.143. The van der Waals surface area contributed by atoms with E-state index in [2.05, 4.69) is 4.74 Å². The summed E-state index contributed by atoms with van der Waals surface area (Å²) in [5, 5.41) is 16.7. The first-order valence-electron chi connectivity index (χ1n) is 3.79. The van der Waals surface area contributed by atoms with Crippen molar-refractivity contribution in [3.63, 3.8) is 0 Å². The standard InChI is InChI=1S/C8H10O6/c1-2-14-8(13)5(3-6(9)10)4-7(11)12/h3H,2,4H2,1H3,(H,9,10)(H,11,12)/b5-3+. The quantitative estimate of drug-likeness (QED) is 0.482. The molecule has 0 aromatic carbocycles. The van der Waals surface area contributed by atoms with Crippen LogP contribution in [0.5, 0.6) is 0 Å². The number of rotatable bonds is 5. The summed E-state index contributed by atoms with van der Waals surface area (Å²) < 4.78 is 4.47. The zero-order valence-corrected chi connectivity index (χ0v) is 7.52. The monoisotopic (exact) mass is 202 g/mol. The van der Waals surface area contributed by atoms with Gasteiger partial charge in [-0.1, -0.05) is 0 Å². The third kappa shape index (κ3) is 4.91. The summed E-state index contributed by atoms with van der Waals surface area (Å²) >= 11 is 0. The summed E-state index contributed by atoms with van der Waals surface area (Å²) in [6, 6.07) is 0. The van der Waals surface area contributed by atoms with Crippen LogP contribution in [0.2, 0.25) is 0 Å². The maximum absolute atomic E-state index is 11.0. The predicted octanol–water partition coefficient (Wildman–Crippen LogP) is 0.0352. The van der Waals surface area contributed by atoms with Gasteiger partial charge >= 0.3 is 17.9 Å². The summed E-state index contributed by atoms with van der Waals surface area (Å²) in [7, 11) is 0. The van der Waals surface area contributed by atoms with Crippen LogP contribution in [0.3, 0.4) is 0 Å². The molecule has 0 aliphatic rings. The molecule has 6 heteroatoms. The normalized spacial score (nSPS) is 10.8. The summed E-state index contributed by atoms with van der Waals surface area (Å²) in [5.41, 5.74) is -0.383. The van der Waals surface area contributed by atoms with Crippen molar-refractivity contribution < 1.29 is 29.3 Å². The minimum absolute atomic E-state index is 0.0649. The molecule has 0 spiro atoms. The second-order valence-electron chi connectivity index (χ2n) is 2.30. The SMILES string of the molecule is CCOC(=O)/C(=C/C(=O)O)CC(=O)O. The van der Waals surface area contributed by atoms with Gasteiger partial charge in [-0.15, -0.1) is 0 Å². The van der Waals surface area contributed by atoms with Crippen LogP contribution < -0.4 is 0 Å². The lowest BCUT2D eigenvalue weighted by atomic mass is 10.2. The van der Waals surface area contributed by atoms with Gasteiger partial charge in [-0.25, -0.2) is 9.59 Å². The average molecular weight is 202 g/mol. The Morgan fingerprint density at radius 2 is 1.86 bits per heavy atom. The molecular weight excluding hydrogens is 192 g/mol. The Morgan fingerprint density at radius 3 is 2.21 bits per heavy atom. The van der Waals surface area contributed by atoms with Crippen molar-refractivity contribution >= 4 is 17.9 Å². The minimum Gasteiger partial charge on any atom is -0.481 e. The van der Waals surface area contributed by atoms with Crippen LogP contribution in [-0.4, -0.2) is 34.7 Å². The van der Waals surface area contributed by atoms with Crippen LogP contribution in [-0.2, 0) is 19.1 Å². The Bertz CT molecular complexity index is 278. The molecule has 0 aliphatic heterocycles. The molecular formula is C8H10O6. The van der Waals surface area contributed by atoms with E-state index in [1.807, 2.05) is 0 Å². The number of carboxylic acid groups (broad SMARTS) is 2. The predicted molar refractivity (Wildman–Crippen MR) is 44.6 cm³/mol. The van der Waals surface area contributed by atoms with Gasteiger partial charge < -0.3 is 14.9 Å². The Morgan fingerprint density at radius 1 is 1.29 bits per heavy atom. The first-order chi connectivity index (χ1) is 6.47. The fourth-order valence-corrected chi connectivity index (χ4v) is 0.718. The number of aliphatic carboxylic acids is 2. The van der Waals surface area contributed by atoms with Crippen LogP contribution in [0, 0.1) is 0 Å². The molecule has 0 radical (unpaired) electrons. The fraction of sp³-hybridized carbons (Fsp3) is 0.375. The number of hydrogen-bond acceptors (Lipinski definition) is 4. The van der Waals surface area contributed by atoms with Crippen LogP contribution in [0.4, 0.5) is 0 Å². The van der Waals surface area contributed by atoms with E-state index in [9.17, 15) is 14.4 Å². The molecule has 0 aromatic heterocycles. The third-order valence-electron chi connectivity index (χ3n) is 1.18.